The summed E-state index contributed by atoms with van der Waals surface area (Å²) in [6, 6.07) is 0. The Morgan fingerprint density at radius 3 is 1.03 bits per heavy atom. The molecule has 0 N–H and O–H groups in total. The van der Waals surface area contributed by atoms with E-state index in [4.69, 9.17) is 23.7 Å². The van der Waals surface area contributed by atoms with Crippen molar-refractivity contribution in [1.29, 1.82) is 0 Å². The average molecular weight is 616 g/mol. The standard InChI is InChI=1S/C22H44N2O9.Ba/c1-3-5-7-23(21(25)26)9-11-29-13-15-31-17-19-33-20-18-32-16-14-30-12-10-24(22(27)28)8-6-4-2;/h3-20H2,1-2H3,(H,25,26)(H,27,28);/q;+2/p-2. The molecule has 0 aromatic carbocycles. The van der Waals surface area contributed by atoms with Crippen LogP contribution in [-0.2, 0) is 23.7 Å². The second-order valence-electron chi connectivity index (χ2n) is 7.27. The third-order valence-corrected chi connectivity index (χ3v) is 4.58. The molecule has 0 aliphatic rings. The Kier molecular flexibility index (Phi) is 29.2. The van der Waals surface area contributed by atoms with Crippen LogP contribution in [0.4, 0.5) is 9.59 Å². The van der Waals surface area contributed by atoms with Crippen molar-refractivity contribution in [2.75, 3.05) is 92.2 Å². The maximum atomic E-state index is 11.0. The van der Waals surface area contributed by atoms with Gasteiger partial charge in [-0.3, -0.25) is 0 Å². The molecule has 0 rings (SSSR count). The molecule has 0 radical (unpaired) electrons. The second-order valence-corrected chi connectivity index (χ2v) is 7.27. The molecule has 0 bridgehead atoms. The van der Waals surface area contributed by atoms with Crippen LogP contribution in [0.5, 0.6) is 0 Å². The van der Waals surface area contributed by atoms with E-state index in [0.29, 0.717) is 92.2 Å². The van der Waals surface area contributed by atoms with Gasteiger partial charge in [-0.05, 0) is 12.8 Å². The van der Waals surface area contributed by atoms with Crippen LogP contribution in [0.15, 0.2) is 0 Å². The van der Waals surface area contributed by atoms with Gasteiger partial charge in [-0.2, -0.15) is 0 Å². The van der Waals surface area contributed by atoms with E-state index in [1.165, 1.54) is 9.80 Å². The number of hydrogen-bond acceptors (Lipinski definition) is 9. The number of carboxylic acid groups (broad SMARTS) is 2. The number of rotatable bonds is 24. The van der Waals surface area contributed by atoms with Gasteiger partial charge in [0.2, 0.25) is 0 Å². The SMILES string of the molecule is CCCCN(CCOCCOCCOCCOCCOCCN(CCCC)C(=O)[O-])C(=O)[O-].[Ba+2]. The summed E-state index contributed by atoms with van der Waals surface area (Å²) in [5, 5.41) is 21.9. The van der Waals surface area contributed by atoms with Crippen LogP contribution in [0.1, 0.15) is 39.5 Å². The number of unbranched alkanes of at least 4 members (excludes halogenated alkanes) is 2. The Hall–Kier alpha value is -0.0886. The first-order chi connectivity index (χ1) is 16.0. The first-order valence-electron chi connectivity index (χ1n) is 11.8. The van der Waals surface area contributed by atoms with Gasteiger partial charge in [0, 0.05) is 26.2 Å². The molecule has 0 aromatic rings. The Labute approximate surface area is 244 Å². The van der Waals surface area contributed by atoms with Gasteiger partial charge >= 0.3 is 48.9 Å². The Bertz CT molecular complexity index is 436. The number of amides is 2. The summed E-state index contributed by atoms with van der Waals surface area (Å²) >= 11 is 0. The Morgan fingerprint density at radius 1 is 0.529 bits per heavy atom. The van der Waals surface area contributed by atoms with Gasteiger partial charge in [0.15, 0.2) is 0 Å². The quantitative estimate of drug-likeness (QED) is 0.105. The molecule has 34 heavy (non-hydrogen) atoms. The fourth-order valence-corrected chi connectivity index (χ4v) is 2.62. The summed E-state index contributed by atoms with van der Waals surface area (Å²) in [6.45, 7) is 9.49. The number of carbonyl (C=O) groups excluding carboxylic acids is 2. The molecule has 196 valence electrons. The zero-order valence-corrected chi connectivity index (χ0v) is 25.4. The monoisotopic (exact) mass is 616 g/mol. The molecule has 0 spiro atoms. The van der Waals surface area contributed by atoms with Crippen LogP contribution in [0.2, 0.25) is 0 Å². The molecule has 12 heteroatoms. The zero-order valence-electron chi connectivity index (χ0n) is 21.0. The van der Waals surface area contributed by atoms with Crippen molar-refractivity contribution in [2.45, 2.75) is 39.5 Å². The molecule has 0 saturated carbocycles. The van der Waals surface area contributed by atoms with Crippen LogP contribution in [0, 0.1) is 0 Å². The van der Waals surface area contributed by atoms with E-state index in [-0.39, 0.29) is 48.9 Å². The number of nitrogens with zero attached hydrogens (tertiary/aromatic N) is 2. The average Bonchev–Trinajstić information content (AvgIpc) is 2.79. The maximum absolute atomic E-state index is 11.0. The van der Waals surface area contributed by atoms with E-state index >= 15 is 0 Å². The molecule has 11 nitrogen and oxygen atoms in total. The van der Waals surface area contributed by atoms with Crippen LogP contribution >= 0.6 is 0 Å². The van der Waals surface area contributed by atoms with Crippen molar-refractivity contribution in [3.8, 4) is 0 Å². The molecule has 2 amide bonds. The van der Waals surface area contributed by atoms with Gasteiger partial charge in [0.1, 0.15) is 12.2 Å². The summed E-state index contributed by atoms with van der Waals surface area (Å²) < 4.78 is 26.9. The van der Waals surface area contributed by atoms with Gasteiger partial charge in [-0.1, -0.05) is 26.7 Å². The minimum atomic E-state index is -1.17. The molecule has 0 fully saturated rings. The largest absolute Gasteiger partial charge is 2.00 e. The molecule has 0 aliphatic carbocycles. The van der Waals surface area contributed by atoms with Crippen molar-refractivity contribution in [3.63, 3.8) is 0 Å². The van der Waals surface area contributed by atoms with Crippen LogP contribution in [0.25, 0.3) is 0 Å². The fraction of sp³-hybridized carbons (Fsp3) is 0.909. The third kappa shape index (κ3) is 23.6. The molecule has 0 aliphatic heterocycles. The summed E-state index contributed by atoms with van der Waals surface area (Å²) in [7, 11) is 0. The summed E-state index contributed by atoms with van der Waals surface area (Å²) in [4.78, 5) is 24.4. The van der Waals surface area contributed by atoms with E-state index in [1.54, 1.807) is 0 Å². The number of carbonyl (C=O) groups is 2. The predicted octanol–water partition coefficient (Wildman–Crippen LogP) is -0.421. The van der Waals surface area contributed by atoms with Gasteiger partial charge in [0.25, 0.3) is 0 Å². The number of hydrogen-bond donors (Lipinski definition) is 0. The zero-order chi connectivity index (χ0) is 24.6. The summed E-state index contributed by atoms with van der Waals surface area (Å²) in [5.41, 5.74) is 0. The molecule has 0 atom stereocenters. The Morgan fingerprint density at radius 2 is 0.794 bits per heavy atom. The molecular weight excluding hydrogens is 574 g/mol. The Balaban J connectivity index is 0. The summed E-state index contributed by atoms with van der Waals surface area (Å²) in [5.74, 6) is 0. The van der Waals surface area contributed by atoms with Crippen molar-refractivity contribution >= 4 is 61.1 Å². The van der Waals surface area contributed by atoms with Crippen molar-refractivity contribution < 1.29 is 43.5 Å². The van der Waals surface area contributed by atoms with E-state index in [2.05, 4.69) is 0 Å². The van der Waals surface area contributed by atoms with Crippen molar-refractivity contribution in [1.82, 2.24) is 9.80 Å². The first-order valence-corrected chi connectivity index (χ1v) is 11.8. The molecule has 0 heterocycles. The minimum absolute atomic E-state index is 0. The van der Waals surface area contributed by atoms with Crippen LogP contribution < -0.4 is 10.2 Å². The molecule has 0 unspecified atom stereocenters. The predicted molar refractivity (Wildman–Crippen MR) is 124 cm³/mol. The maximum Gasteiger partial charge on any atom is 2.00 e. The second kappa shape index (κ2) is 27.5. The topological polar surface area (TPSA) is 133 Å². The van der Waals surface area contributed by atoms with E-state index in [0.717, 1.165) is 25.7 Å². The van der Waals surface area contributed by atoms with Gasteiger partial charge in [-0.25, -0.2) is 0 Å². The van der Waals surface area contributed by atoms with Gasteiger partial charge in [-0.15, -0.1) is 0 Å². The molecular formula is C22H42BaN2O9. The van der Waals surface area contributed by atoms with Gasteiger partial charge < -0.3 is 53.3 Å². The fourth-order valence-electron chi connectivity index (χ4n) is 2.62. The minimum Gasteiger partial charge on any atom is -0.530 e. The van der Waals surface area contributed by atoms with E-state index in [1.807, 2.05) is 13.8 Å². The van der Waals surface area contributed by atoms with E-state index in [9.17, 15) is 19.8 Å². The molecule has 0 aromatic heterocycles. The first kappa shape index (κ1) is 36.1. The number of ether oxygens (including phenoxy) is 5. The van der Waals surface area contributed by atoms with Crippen LogP contribution in [0.3, 0.4) is 0 Å². The van der Waals surface area contributed by atoms with Crippen molar-refractivity contribution in [2.24, 2.45) is 0 Å². The van der Waals surface area contributed by atoms with Gasteiger partial charge in [0.05, 0.1) is 66.1 Å². The smallest absolute Gasteiger partial charge is 0.530 e. The van der Waals surface area contributed by atoms with Crippen molar-refractivity contribution in [3.05, 3.63) is 0 Å². The summed E-state index contributed by atoms with van der Waals surface area (Å²) in [6.07, 6.45) is 1.13. The van der Waals surface area contributed by atoms with Crippen LogP contribution in [-0.4, -0.2) is 163 Å². The molecule has 0 saturated heterocycles. The van der Waals surface area contributed by atoms with E-state index < -0.39 is 12.2 Å². The third-order valence-electron chi connectivity index (χ3n) is 4.58. The normalized spacial score (nSPS) is 10.6.